The van der Waals surface area contributed by atoms with Crippen molar-refractivity contribution in [2.45, 2.75) is 65.5 Å². The van der Waals surface area contributed by atoms with Crippen LogP contribution in [0.1, 0.15) is 65.5 Å². The zero-order valence-corrected chi connectivity index (χ0v) is 30.8. The largest absolute Gasteiger partial charge is 0.271 e. The Hall–Kier alpha value is -6.82. The number of aromatic nitrogens is 3. The summed E-state index contributed by atoms with van der Waals surface area (Å²) in [7, 11) is 0. The summed E-state index contributed by atoms with van der Waals surface area (Å²) in [5.41, 5.74) is -3.34. The number of non-ortho nitro benzene ring substituents is 1. The van der Waals surface area contributed by atoms with Crippen LogP contribution in [0.25, 0.3) is 91.9 Å². The third-order valence-corrected chi connectivity index (χ3v) is 12.5. The van der Waals surface area contributed by atoms with Crippen LogP contribution in [0.4, 0.5) is 5.69 Å². The van der Waals surface area contributed by atoms with E-state index < -0.39 is 38.3 Å². The van der Waals surface area contributed by atoms with E-state index in [0.29, 0.717) is 90.3 Å². The summed E-state index contributed by atoms with van der Waals surface area (Å²) in [5, 5.41) is 17.8. The van der Waals surface area contributed by atoms with E-state index in [9.17, 15) is 38.9 Å². The molecule has 3 heterocycles. The number of rotatable bonds is 8. The predicted molar refractivity (Wildman–Crippen MR) is 221 cm³/mol. The molecule has 10 aromatic rings. The molecular weight excluding hydrogens is 713 g/mol. The average Bonchev–Trinajstić information content (AvgIpc) is 3.47. The van der Waals surface area contributed by atoms with Crippen molar-refractivity contribution in [1.29, 1.82) is 0 Å². The van der Waals surface area contributed by atoms with E-state index in [1.54, 1.807) is 24.3 Å². The number of fused-ring (bicyclic) bond motifs is 4. The van der Waals surface area contributed by atoms with Crippen molar-refractivity contribution in [3.8, 4) is 5.69 Å². The van der Waals surface area contributed by atoms with E-state index in [0.717, 1.165) is 4.57 Å². The van der Waals surface area contributed by atoms with Crippen molar-refractivity contribution >= 4 is 91.9 Å². The molecule has 12 heteroatoms. The summed E-state index contributed by atoms with van der Waals surface area (Å²) in [6, 6.07) is 14.7. The van der Waals surface area contributed by atoms with Crippen LogP contribution >= 0.6 is 0 Å². The molecule has 0 bridgehead atoms. The van der Waals surface area contributed by atoms with Crippen LogP contribution in [0.2, 0.25) is 0 Å². The maximum atomic E-state index is 14.8. The third-order valence-electron chi connectivity index (χ3n) is 12.5. The highest BCUT2D eigenvalue weighted by molar-refractivity contribution is 6.48. The number of nitro groups is 1. The Kier molecular flexibility index (Phi) is 6.84. The molecule has 0 unspecified atom stereocenters. The number of hydrogen-bond donors (Lipinski definition) is 0. The SMILES string of the molecule is CCC(CC)n1c(=O)c2ccc3c4ccc5c(=O)n(C(CC)CC)c(=O)c6cc7c8c(=O)n(-c9ccc([N+](=O)[O-])cc9)c(=O)c8c8cc(c1=O)c2c3c8c7c4c56. The van der Waals surface area contributed by atoms with Crippen LogP contribution in [-0.2, 0) is 0 Å². The molecule has 0 N–H and O–H groups in total. The predicted octanol–water partition coefficient (Wildman–Crippen LogP) is 7.29. The van der Waals surface area contributed by atoms with Crippen molar-refractivity contribution < 1.29 is 4.92 Å². The molecule has 0 atom stereocenters. The number of hydrogen-bond acceptors (Lipinski definition) is 8. The van der Waals surface area contributed by atoms with Gasteiger partial charge >= 0.3 is 0 Å². The number of nitro benzene ring substituents is 1. The normalized spacial score (nSPS) is 12.8. The summed E-state index contributed by atoms with van der Waals surface area (Å²) < 4.78 is 3.56. The lowest BCUT2D eigenvalue weighted by Crippen LogP contribution is -2.36. The average molecular weight is 745 g/mol. The topological polar surface area (TPSA) is 160 Å². The van der Waals surface area contributed by atoms with Gasteiger partial charge < -0.3 is 0 Å². The van der Waals surface area contributed by atoms with E-state index in [4.69, 9.17) is 0 Å². The van der Waals surface area contributed by atoms with Gasteiger partial charge in [0.05, 0.1) is 21.4 Å². The third kappa shape index (κ3) is 3.87. The van der Waals surface area contributed by atoms with Crippen LogP contribution in [0.15, 0.2) is 89.4 Å². The van der Waals surface area contributed by atoms with Crippen molar-refractivity contribution in [2.24, 2.45) is 0 Å². The Bertz CT molecular complexity index is 3480. The minimum absolute atomic E-state index is 0.0199. The number of pyridine rings is 2. The molecular formula is C44H32N4O8. The minimum Gasteiger partial charge on any atom is -0.271 e. The first-order chi connectivity index (χ1) is 27.0. The molecule has 0 aliphatic heterocycles. The molecule has 276 valence electrons. The second kappa shape index (κ2) is 11.4. The molecule has 0 spiro atoms. The first-order valence-corrected chi connectivity index (χ1v) is 18.9. The zero-order valence-electron chi connectivity index (χ0n) is 30.8. The Morgan fingerprint density at radius 3 is 1.18 bits per heavy atom. The monoisotopic (exact) mass is 744 g/mol. The summed E-state index contributed by atoms with van der Waals surface area (Å²) in [5.74, 6) is 0. The molecule has 3 aromatic heterocycles. The molecule has 56 heavy (non-hydrogen) atoms. The van der Waals surface area contributed by atoms with Crippen molar-refractivity contribution in [1.82, 2.24) is 13.7 Å². The van der Waals surface area contributed by atoms with Crippen LogP contribution in [-0.4, -0.2) is 18.6 Å². The van der Waals surface area contributed by atoms with Gasteiger partial charge in [-0.1, -0.05) is 39.8 Å². The summed E-state index contributed by atoms with van der Waals surface area (Å²) in [6.45, 7) is 7.65. The van der Waals surface area contributed by atoms with Gasteiger partial charge in [0.2, 0.25) is 0 Å². The van der Waals surface area contributed by atoms with Crippen molar-refractivity contribution in [3.05, 3.63) is 133 Å². The molecule has 0 saturated heterocycles. The van der Waals surface area contributed by atoms with E-state index in [2.05, 4.69) is 0 Å². The zero-order chi connectivity index (χ0) is 39.2. The standard InChI is InChI=1S/C44H32N4O8/c1-5-19(6-2)45-39(49)25-15-13-23-24-14-16-26-32-30(42(52)46(40(26)50)20(7-3)8-4)18-28-36(34(24)32)35-27(17-29(41(45)51)31(25)33(23)35)37-38(28)44(54)47(43(37)53)21-9-11-22(12-10-21)48(55)56/h9-20H,5-8H2,1-4H3. The van der Waals surface area contributed by atoms with Crippen LogP contribution in [0, 0.1) is 10.1 Å². The summed E-state index contributed by atoms with van der Waals surface area (Å²) in [4.78, 5) is 98.2. The van der Waals surface area contributed by atoms with Crippen molar-refractivity contribution in [3.63, 3.8) is 0 Å². The highest BCUT2D eigenvalue weighted by Gasteiger charge is 2.31. The lowest BCUT2D eigenvalue weighted by Gasteiger charge is -2.23. The second-order valence-corrected chi connectivity index (χ2v) is 14.9. The smallest absolute Gasteiger partial charge is 0.269 e. The maximum Gasteiger partial charge on any atom is 0.269 e. The Morgan fingerprint density at radius 2 is 0.804 bits per heavy atom. The Balaban J connectivity index is 1.54. The van der Waals surface area contributed by atoms with Gasteiger partial charge in [0, 0.05) is 56.5 Å². The van der Waals surface area contributed by atoms with Gasteiger partial charge in [0.25, 0.3) is 39.0 Å². The van der Waals surface area contributed by atoms with Gasteiger partial charge in [-0.3, -0.25) is 48.0 Å². The van der Waals surface area contributed by atoms with Crippen LogP contribution in [0.5, 0.6) is 0 Å². The molecule has 10 rings (SSSR count). The number of nitrogens with zero attached hydrogens (tertiary/aromatic N) is 4. The molecule has 0 saturated carbocycles. The van der Waals surface area contributed by atoms with Gasteiger partial charge in [-0.05, 0) is 105 Å². The Labute approximate surface area is 313 Å². The molecule has 0 radical (unpaired) electrons. The van der Waals surface area contributed by atoms with E-state index >= 15 is 0 Å². The molecule has 0 amide bonds. The molecule has 0 aliphatic carbocycles. The second-order valence-electron chi connectivity index (χ2n) is 14.9. The van der Waals surface area contributed by atoms with Gasteiger partial charge in [-0.2, -0.15) is 0 Å². The van der Waals surface area contributed by atoms with Crippen LogP contribution in [0.3, 0.4) is 0 Å². The lowest BCUT2D eigenvalue weighted by atomic mass is 9.81. The van der Waals surface area contributed by atoms with Gasteiger partial charge in [-0.15, -0.1) is 0 Å². The molecule has 0 fully saturated rings. The highest BCUT2D eigenvalue weighted by Crippen LogP contribution is 2.50. The maximum absolute atomic E-state index is 14.8. The van der Waals surface area contributed by atoms with Crippen molar-refractivity contribution in [2.75, 3.05) is 0 Å². The number of benzene rings is 7. The highest BCUT2D eigenvalue weighted by atomic mass is 16.6. The lowest BCUT2D eigenvalue weighted by molar-refractivity contribution is -0.384. The van der Waals surface area contributed by atoms with E-state index in [1.807, 2.05) is 39.8 Å². The quantitative estimate of drug-likeness (QED) is 0.0679. The fourth-order valence-electron chi connectivity index (χ4n) is 9.85. The van der Waals surface area contributed by atoms with Gasteiger partial charge in [-0.25, -0.2) is 4.57 Å². The summed E-state index contributed by atoms with van der Waals surface area (Å²) in [6.07, 6.45) is 2.16. The van der Waals surface area contributed by atoms with Gasteiger partial charge in [0.1, 0.15) is 0 Å². The van der Waals surface area contributed by atoms with Crippen LogP contribution < -0.4 is 33.4 Å². The van der Waals surface area contributed by atoms with E-state index in [-0.39, 0.29) is 45.0 Å². The minimum atomic E-state index is -0.699. The fraction of sp³-hybridized carbons (Fsp3) is 0.227. The molecule has 0 aliphatic rings. The first-order valence-electron chi connectivity index (χ1n) is 18.9. The first kappa shape index (κ1) is 33.7. The Morgan fingerprint density at radius 1 is 0.446 bits per heavy atom. The molecule has 12 nitrogen and oxygen atoms in total. The summed E-state index contributed by atoms with van der Waals surface area (Å²) >= 11 is 0. The fourth-order valence-corrected chi connectivity index (χ4v) is 9.85. The molecule has 7 aromatic carbocycles. The van der Waals surface area contributed by atoms with Gasteiger partial charge in [0.15, 0.2) is 0 Å². The van der Waals surface area contributed by atoms with E-state index in [1.165, 1.54) is 33.4 Å².